The van der Waals surface area contributed by atoms with Crippen LogP contribution < -0.4 is 9.26 Å². The van der Waals surface area contributed by atoms with Crippen LogP contribution in [0.25, 0.3) is 11.0 Å². The Hall–Kier alpha value is -0.365. The number of nitrogens with zero attached hydrogens (tertiary/aromatic N) is 1. The number of hydrogen-bond acceptors (Lipinski definition) is 3. The van der Waals surface area contributed by atoms with E-state index in [9.17, 15) is 16.2 Å². The van der Waals surface area contributed by atoms with Gasteiger partial charge >= 0.3 is 6.18 Å². The van der Waals surface area contributed by atoms with Gasteiger partial charge in [-0.05, 0) is 52.3 Å². The second-order valence-corrected chi connectivity index (χ2v) is 6.89. The van der Waals surface area contributed by atoms with Gasteiger partial charge in [0, 0.05) is 52.7 Å². The van der Waals surface area contributed by atoms with Crippen LogP contribution in [0.2, 0.25) is 0 Å². The number of anilines is 2. The van der Waals surface area contributed by atoms with Crippen LogP contribution in [0.4, 0.5) is 24.5 Å². The molecule has 29 heavy (non-hydrogen) atoms. The first-order chi connectivity index (χ1) is 12.7. The fraction of sp³-hybridized carbons (Fsp3) is 0.176. The summed E-state index contributed by atoms with van der Waals surface area (Å²) in [5, 5.41) is 0. The van der Waals surface area contributed by atoms with Gasteiger partial charge in [-0.1, -0.05) is 0 Å². The van der Waals surface area contributed by atoms with E-state index in [1.807, 2.05) is 32.4 Å². The van der Waals surface area contributed by atoms with Crippen molar-refractivity contribution in [3.05, 3.63) is 59.2 Å². The minimum absolute atomic E-state index is 0. The molecule has 0 aliphatic carbocycles. The molecule has 0 aliphatic rings. The van der Waals surface area contributed by atoms with Crippen LogP contribution in [-0.4, -0.2) is 9.97 Å². The van der Waals surface area contributed by atoms with Gasteiger partial charge in [0.05, 0.1) is 16.8 Å². The topological polar surface area (TPSA) is 83.8 Å². The Morgan fingerprint density at radius 3 is 2.17 bits per heavy atom. The Kier molecular flexibility index (Phi) is 16.4. The number of fused-ring (bicyclic) bond motifs is 1. The number of aromatic amines is 1. The zero-order valence-electron chi connectivity index (χ0n) is 15.1. The Bertz CT molecular complexity index is 864. The van der Waals surface area contributed by atoms with Crippen molar-refractivity contribution in [2.75, 3.05) is 9.26 Å². The molecule has 0 radical (unpaired) electrons. The van der Waals surface area contributed by atoms with Crippen molar-refractivity contribution in [1.29, 1.82) is 0 Å². The molecule has 168 valence electrons. The standard InChI is InChI=1S/C7H5BrIN3O.C7H6F3N.C3H7.2Pd/c8-6-2-1-4-7(11-6)5(3-10-4)12-9-13;8-7(9,10)5-1-3-6(11)4-2-5;1-3-2;;/h1-3,10H,(H,12,13);1-4H,11H2;3H,1-2H3;;/q;;-1;;. The van der Waals surface area contributed by atoms with Crippen molar-refractivity contribution in [3.8, 4) is 0 Å². The van der Waals surface area contributed by atoms with E-state index in [4.69, 9.17) is 5.73 Å². The van der Waals surface area contributed by atoms with Crippen molar-refractivity contribution < 1.29 is 57.1 Å². The van der Waals surface area contributed by atoms with E-state index in [0.29, 0.717) is 5.69 Å². The number of H-pyrrole nitrogens is 1. The summed E-state index contributed by atoms with van der Waals surface area (Å²) < 4.78 is 49.7. The van der Waals surface area contributed by atoms with Gasteiger partial charge in [-0.25, -0.2) is 8.05 Å². The largest absolute Gasteiger partial charge is 0.416 e. The summed E-state index contributed by atoms with van der Waals surface area (Å²) in [5.41, 5.74) is 7.39. The minimum Gasteiger partial charge on any atom is -0.399 e. The van der Waals surface area contributed by atoms with Crippen LogP contribution in [0, 0.1) is 6.42 Å². The predicted molar refractivity (Wildman–Crippen MR) is 114 cm³/mol. The Balaban J connectivity index is 0. The van der Waals surface area contributed by atoms with Gasteiger partial charge in [0.25, 0.3) is 21.5 Å². The first-order valence-electron chi connectivity index (χ1n) is 7.55. The molecule has 2 aromatic heterocycles. The summed E-state index contributed by atoms with van der Waals surface area (Å²) in [4.78, 5) is 7.29. The molecular formula is C17H18BrF3IN4OPd2-. The molecule has 4 N–H and O–H groups in total. The van der Waals surface area contributed by atoms with E-state index in [1.54, 1.807) is 6.20 Å². The summed E-state index contributed by atoms with van der Waals surface area (Å²) >= 11 is 2.08. The summed E-state index contributed by atoms with van der Waals surface area (Å²) in [6.45, 7) is 4.00. The van der Waals surface area contributed by atoms with Crippen molar-refractivity contribution in [2.24, 2.45) is 0 Å². The number of benzene rings is 1. The average Bonchev–Trinajstić information content (AvgIpc) is 2.98. The number of nitrogens with two attached hydrogens (primary N) is 1. The molecule has 0 atom stereocenters. The average molecular weight is 771 g/mol. The molecule has 0 aliphatic heterocycles. The third-order valence-corrected chi connectivity index (χ3v) is 4.11. The number of nitrogens with one attached hydrogen (secondary N) is 2. The van der Waals surface area contributed by atoms with Gasteiger partial charge in [-0.15, -0.1) is 0 Å². The summed E-state index contributed by atoms with van der Waals surface area (Å²) in [6, 6.07) is 8.13. The quantitative estimate of drug-likeness (QED) is 0.0697. The Morgan fingerprint density at radius 1 is 1.14 bits per heavy atom. The molecule has 0 saturated carbocycles. The van der Waals surface area contributed by atoms with Gasteiger partial charge in [0.15, 0.2) is 0 Å². The van der Waals surface area contributed by atoms with Crippen LogP contribution in [-0.2, 0) is 50.1 Å². The summed E-state index contributed by atoms with van der Waals surface area (Å²) in [5.74, 6) is 0. The molecule has 3 rings (SSSR count). The van der Waals surface area contributed by atoms with Gasteiger partial charge < -0.3 is 17.1 Å². The second kappa shape index (κ2) is 15.4. The molecule has 0 bridgehead atoms. The monoisotopic (exact) mass is 769 g/mol. The van der Waals surface area contributed by atoms with Gasteiger partial charge in [0.2, 0.25) is 0 Å². The SMILES string of the molecule is C[CH-]C.Nc1ccc(C(F)(F)F)cc1.O=INc1c[nH]c2ccc(Br)nc12.[Pd].[Pd]. The maximum Gasteiger partial charge on any atom is 0.416 e. The van der Waals surface area contributed by atoms with E-state index in [0.717, 1.165) is 33.5 Å². The van der Waals surface area contributed by atoms with Crippen LogP contribution in [0.3, 0.4) is 0 Å². The third kappa shape index (κ3) is 11.0. The molecular weight excluding hydrogens is 753 g/mol. The zero-order valence-corrected chi connectivity index (χ0v) is 21.9. The van der Waals surface area contributed by atoms with E-state index in [-0.39, 0.29) is 40.8 Å². The number of pyridine rings is 1. The molecule has 0 fully saturated rings. The molecule has 3 aromatic rings. The zero-order chi connectivity index (χ0) is 20.4. The number of hydrogen-bond donors (Lipinski definition) is 3. The van der Waals surface area contributed by atoms with Crippen molar-refractivity contribution >= 4 is 59.8 Å². The van der Waals surface area contributed by atoms with E-state index < -0.39 is 33.2 Å². The molecule has 12 heteroatoms. The maximum absolute atomic E-state index is 11.9. The van der Waals surface area contributed by atoms with E-state index in [1.165, 1.54) is 12.1 Å². The van der Waals surface area contributed by atoms with E-state index in [2.05, 4.69) is 29.4 Å². The first-order valence-corrected chi connectivity index (χ1v) is 10.3. The predicted octanol–water partition coefficient (Wildman–Crippen LogP) is 6.48. The fourth-order valence-corrected chi connectivity index (χ4v) is 2.72. The Labute approximate surface area is 213 Å². The molecule has 0 amide bonds. The van der Waals surface area contributed by atoms with Crippen LogP contribution in [0.5, 0.6) is 0 Å². The van der Waals surface area contributed by atoms with Gasteiger partial charge in [0.1, 0.15) is 10.1 Å². The second-order valence-electron chi connectivity index (χ2n) is 5.10. The normalized spacial score (nSPS) is 9.72. The number of aromatic nitrogens is 2. The minimum atomic E-state index is -4.27. The number of halogens is 5. The van der Waals surface area contributed by atoms with Crippen LogP contribution in [0.1, 0.15) is 19.4 Å². The number of nitrogen functional groups attached to an aromatic ring is 1. The number of rotatable bonds is 2. The summed E-state index contributed by atoms with van der Waals surface area (Å²) in [7, 11) is 0. The number of alkyl halides is 3. The van der Waals surface area contributed by atoms with Crippen molar-refractivity contribution in [3.63, 3.8) is 0 Å². The van der Waals surface area contributed by atoms with E-state index >= 15 is 0 Å². The van der Waals surface area contributed by atoms with Crippen LogP contribution >= 0.6 is 37.4 Å². The third-order valence-electron chi connectivity index (χ3n) is 2.87. The molecule has 1 aromatic carbocycles. The molecule has 0 saturated heterocycles. The smallest absolute Gasteiger partial charge is 0.399 e. The van der Waals surface area contributed by atoms with Gasteiger partial charge in [-0.2, -0.15) is 27.0 Å². The molecule has 2 heterocycles. The molecule has 5 nitrogen and oxygen atoms in total. The fourth-order valence-electron chi connectivity index (χ4n) is 1.76. The Morgan fingerprint density at radius 2 is 1.69 bits per heavy atom. The molecule has 0 spiro atoms. The van der Waals surface area contributed by atoms with Crippen LogP contribution in [0.15, 0.2) is 47.2 Å². The van der Waals surface area contributed by atoms with Crippen molar-refractivity contribution in [1.82, 2.24) is 9.97 Å². The maximum atomic E-state index is 11.9. The van der Waals surface area contributed by atoms with Gasteiger partial charge in [-0.3, -0.25) is 3.53 Å². The van der Waals surface area contributed by atoms with Crippen molar-refractivity contribution in [2.45, 2.75) is 20.0 Å². The first kappa shape index (κ1) is 30.8. The molecule has 0 unspecified atom stereocenters. The summed E-state index contributed by atoms with van der Waals surface area (Å²) in [6.07, 6.45) is -0.505.